The Morgan fingerprint density at radius 3 is 2.96 bits per heavy atom. The molecule has 0 aliphatic carbocycles. The number of benzene rings is 1. The number of rotatable bonds is 7. The Bertz CT molecular complexity index is 838. The van der Waals surface area contributed by atoms with Crippen molar-refractivity contribution in [3.63, 3.8) is 0 Å². The smallest absolute Gasteiger partial charge is 0.304 e. The number of fused-ring (bicyclic) bond motifs is 1. The highest BCUT2D eigenvalue weighted by Crippen LogP contribution is 2.24. The minimum absolute atomic E-state index is 0.164. The van der Waals surface area contributed by atoms with Crippen molar-refractivity contribution in [3.8, 4) is 5.75 Å². The number of hydrogen-bond donors (Lipinski definition) is 3. The quantitative estimate of drug-likeness (QED) is 0.690. The number of nitrogens with one attached hydrogen (secondary N) is 2. The Kier molecular flexibility index (Phi) is 5.90. The van der Waals surface area contributed by atoms with Crippen LogP contribution in [0.2, 0.25) is 0 Å². The van der Waals surface area contributed by atoms with Gasteiger partial charge in [-0.05, 0) is 41.8 Å². The Hall–Kier alpha value is -3.09. The second-order valence-electron chi connectivity index (χ2n) is 6.51. The van der Waals surface area contributed by atoms with Crippen molar-refractivity contribution in [2.24, 2.45) is 5.92 Å². The average molecular weight is 369 g/mol. The molecule has 7 heteroatoms. The molecule has 1 atom stereocenters. The van der Waals surface area contributed by atoms with Crippen LogP contribution < -0.4 is 15.4 Å². The number of aromatic nitrogens is 1. The number of pyridine rings is 1. The van der Waals surface area contributed by atoms with Crippen LogP contribution in [0.5, 0.6) is 5.75 Å². The van der Waals surface area contributed by atoms with E-state index in [0.29, 0.717) is 26.0 Å². The first-order valence-electron chi connectivity index (χ1n) is 8.93. The zero-order valence-electron chi connectivity index (χ0n) is 15.2. The number of hydrogen-bond acceptors (Lipinski definition) is 5. The zero-order chi connectivity index (χ0) is 19.2. The number of carbonyl (C=O) groups excluding carboxylic acids is 1. The van der Waals surface area contributed by atoms with Crippen LogP contribution in [0.25, 0.3) is 0 Å². The van der Waals surface area contributed by atoms with E-state index in [1.54, 1.807) is 0 Å². The summed E-state index contributed by atoms with van der Waals surface area (Å²) in [5.41, 5.74) is 2.89. The molecule has 27 heavy (non-hydrogen) atoms. The molecular formula is C20H23N3O4. The maximum absolute atomic E-state index is 12.1. The van der Waals surface area contributed by atoms with Gasteiger partial charge in [-0.15, -0.1) is 0 Å². The Morgan fingerprint density at radius 1 is 1.33 bits per heavy atom. The highest BCUT2D eigenvalue weighted by molar-refractivity contribution is 5.84. The third-order valence-corrected chi connectivity index (χ3v) is 4.58. The monoisotopic (exact) mass is 369 g/mol. The first-order valence-corrected chi connectivity index (χ1v) is 8.93. The fraction of sp³-hybridized carbons (Fsp3) is 0.350. The summed E-state index contributed by atoms with van der Waals surface area (Å²) in [5.74, 6) is -0.171. The van der Waals surface area contributed by atoms with E-state index < -0.39 is 11.9 Å². The molecule has 142 valence electrons. The first-order chi connectivity index (χ1) is 13.0. The van der Waals surface area contributed by atoms with Crippen LogP contribution in [0.1, 0.15) is 23.2 Å². The number of carboxylic acid groups (broad SMARTS) is 1. The van der Waals surface area contributed by atoms with Gasteiger partial charge in [0.1, 0.15) is 11.6 Å². The van der Waals surface area contributed by atoms with Crippen molar-refractivity contribution in [1.29, 1.82) is 0 Å². The van der Waals surface area contributed by atoms with Gasteiger partial charge in [0.2, 0.25) is 5.91 Å². The van der Waals surface area contributed by atoms with Crippen LogP contribution in [-0.4, -0.2) is 35.6 Å². The lowest BCUT2D eigenvalue weighted by Crippen LogP contribution is -2.30. The van der Waals surface area contributed by atoms with E-state index >= 15 is 0 Å². The van der Waals surface area contributed by atoms with E-state index in [1.807, 2.05) is 43.4 Å². The van der Waals surface area contributed by atoms with Crippen molar-refractivity contribution >= 4 is 17.7 Å². The lowest BCUT2D eigenvalue weighted by Gasteiger charge is -2.12. The summed E-state index contributed by atoms with van der Waals surface area (Å²) >= 11 is 0. The highest BCUT2D eigenvalue weighted by Gasteiger charge is 2.26. The van der Waals surface area contributed by atoms with Gasteiger partial charge in [-0.25, -0.2) is 4.98 Å². The predicted molar refractivity (Wildman–Crippen MR) is 101 cm³/mol. The predicted octanol–water partition coefficient (Wildman–Crippen LogP) is 2.01. The summed E-state index contributed by atoms with van der Waals surface area (Å²) in [4.78, 5) is 27.5. The number of ether oxygens (including phenoxy) is 1. The molecule has 0 fully saturated rings. The van der Waals surface area contributed by atoms with Gasteiger partial charge in [-0.3, -0.25) is 9.59 Å². The summed E-state index contributed by atoms with van der Waals surface area (Å²) in [6.07, 6.45) is 0.945. The maximum atomic E-state index is 12.1. The van der Waals surface area contributed by atoms with Gasteiger partial charge in [0, 0.05) is 25.7 Å². The molecule has 0 radical (unpaired) electrons. The van der Waals surface area contributed by atoms with Crippen LogP contribution in [0, 0.1) is 5.92 Å². The summed E-state index contributed by atoms with van der Waals surface area (Å²) in [6.45, 7) is 0.875. The zero-order valence-corrected chi connectivity index (χ0v) is 15.2. The van der Waals surface area contributed by atoms with Crippen molar-refractivity contribution in [2.45, 2.75) is 25.8 Å². The van der Waals surface area contributed by atoms with Gasteiger partial charge in [-0.2, -0.15) is 0 Å². The van der Waals surface area contributed by atoms with Crippen LogP contribution in [0.15, 0.2) is 36.4 Å². The minimum atomic E-state index is -0.963. The largest absolute Gasteiger partial charge is 0.493 e. The second kappa shape index (κ2) is 8.53. The molecule has 1 aromatic carbocycles. The summed E-state index contributed by atoms with van der Waals surface area (Å²) in [5, 5.41) is 14.8. The highest BCUT2D eigenvalue weighted by atomic mass is 16.5. The molecule has 1 aliphatic rings. The normalized spacial score (nSPS) is 16.0. The molecule has 0 spiro atoms. The molecule has 7 nitrogen and oxygen atoms in total. The van der Waals surface area contributed by atoms with Crippen molar-refractivity contribution in [2.75, 3.05) is 19.0 Å². The molecule has 3 rings (SSSR count). The number of carbonyl (C=O) groups is 2. The lowest BCUT2D eigenvalue weighted by molar-refractivity contribution is -0.141. The Labute approximate surface area is 157 Å². The number of aliphatic carboxylic acids is 1. The van der Waals surface area contributed by atoms with Gasteiger partial charge in [0.25, 0.3) is 0 Å². The Balaban J connectivity index is 1.62. The molecule has 0 saturated carbocycles. The van der Waals surface area contributed by atoms with Gasteiger partial charge in [0.15, 0.2) is 0 Å². The van der Waals surface area contributed by atoms with Crippen molar-refractivity contribution in [3.05, 3.63) is 53.2 Å². The molecule has 0 bridgehead atoms. The second-order valence-corrected chi connectivity index (χ2v) is 6.51. The minimum Gasteiger partial charge on any atom is -0.493 e. The molecular weight excluding hydrogens is 346 g/mol. The number of amides is 1. The van der Waals surface area contributed by atoms with E-state index in [2.05, 4.69) is 15.6 Å². The fourth-order valence-electron chi connectivity index (χ4n) is 3.15. The van der Waals surface area contributed by atoms with Crippen LogP contribution in [0.3, 0.4) is 0 Å². The van der Waals surface area contributed by atoms with Gasteiger partial charge >= 0.3 is 5.97 Å². The molecule has 3 N–H and O–H groups in total. The summed E-state index contributed by atoms with van der Waals surface area (Å²) < 4.78 is 5.84. The first kappa shape index (κ1) is 18.7. The third-order valence-electron chi connectivity index (χ3n) is 4.58. The van der Waals surface area contributed by atoms with E-state index in [4.69, 9.17) is 9.84 Å². The van der Waals surface area contributed by atoms with E-state index in [1.165, 1.54) is 0 Å². The summed E-state index contributed by atoms with van der Waals surface area (Å²) in [6, 6.07) is 11.5. The lowest BCUT2D eigenvalue weighted by atomic mass is 9.94. The number of nitrogens with zero attached hydrogens (tertiary/aromatic N) is 1. The van der Waals surface area contributed by atoms with E-state index in [0.717, 1.165) is 28.4 Å². The molecule has 1 unspecified atom stereocenters. The topological polar surface area (TPSA) is 101 Å². The van der Waals surface area contributed by atoms with Crippen LogP contribution in [0.4, 0.5) is 5.82 Å². The van der Waals surface area contributed by atoms with Gasteiger partial charge in [0.05, 0.1) is 18.9 Å². The van der Waals surface area contributed by atoms with Crippen LogP contribution >= 0.6 is 0 Å². The standard InChI is InChI=1S/C20H23N3O4/c1-21-18-4-2-3-16(23-18)7-8-27-17-6-5-13-9-14(11-19(24)25)20(26)22-12-15(13)10-17/h2-6,10,14H,7-9,11-12H2,1H3,(H,21,23)(H,22,26)(H,24,25). The van der Waals surface area contributed by atoms with E-state index in [-0.39, 0.29) is 12.3 Å². The van der Waals surface area contributed by atoms with Crippen LogP contribution in [-0.2, 0) is 29.0 Å². The fourth-order valence-corrected chi connectivity index (χ4v) is 3.15. The third kappa shape index (κ3) is 4.97. The average Bonchev–Trinajstić information content (AvgIpc) is 2.81. The Morgan fingerprint density at radius 2 is 2.19 bits per heavy atom. The molecule has 1 aromatic heterocycles. The summed E-state index contributed by atoms with van der Waals surface area (Å²) in [7, 11) is 1.83. The SMILES string of the molecule is CNc1cccc(CCOc2ccc3c(c2)CNC(=O)C(CC(=O)O)C3)n1. The van der Waals surface area contributed by atoms with Crippen molar-refractivity contribution in [1.82, 2.24) is 10.3 Å². The van der Waals surface area contributed by atoms with Gasteiger partial charge < -0.3 is 20.5 Å². The van der Waals surface area contributed by atoms with Crippen molar-refractivity contribution < 1.29 is 19.4 Å². The molecule has 1 aliphatic heterocycles. The molecule has 0 saturated heterocycles. The maximum Gasteiger partial charge on any atom is 0.304 e. The number of carboxylic acids is 1. The molecule has 2 aromatic rings. The van der Waals surface area contributed by atoms with Gasteiger partial charge in [-0.1, -0.05) is 12.1 Å². The number of anilines is 1. The van der Waals surface area contributed by atoms with E-state index in [9.17, 15) is 9.59 Å². The molecule has 1 amide bonds. The molecule has 2 heterocycles.